The van der Waals surface area contributed by atoms with Gasteiger partial charge in [0.2, 0.25) is 0 Å². The van der Waals surface area contributed by atoms with E-state index in [-0.39, 0.29) is 0 Å². The molecule has 0 spiro atoms. The lowest BCUT2D eigenvalue weighted by molar-refractivity contribution is 0.328. The topological polar surface area (TPSA) is 15.3 Å². The third-order valence-corrected chi connectivity index (χ3v) is 4.73. The standard InChI is InChI=1S/C15H22N2/c1-11-10-17-8-7-16-9-12-5-4-6-13(14(12)17)15(11,2)3/h4-6,11,16H,7-10H2,1-3H3/t11-/m0/s1. The zero-order chi connectivity index (χ0) is 12.0. The third kappa shape index (κ3) is 1.58. The van der Waals surface area contributed by atoms with E-state index in [0.29, 0.717) is 11.3 Å². The summed E-state index contributed by atoms with van der Waals surface area (Å²) in [6.45, 7) is 11.6. The number of para-hydroxylation sites is 1. The molecule has 2 aliphatic heterocycles. The second-order valence-corrected chi connectivity index (χ2v) is 6.06. The van der Waals surface area contributed by atoms with Gasteiger partial charge in [-0.05, 0) is 22.5 Å². The first kappa shape index (κ1) is 11.1. The van der Waals surface area contributed by atoms with Crippen LogP contribution in [-0.4, -0.2) is 19.6 Å². The fourth-order valence-corrected chi connectivity index (χ4v) is 3.18. The second kappa shape index (κ2) is 3.74. The zero-order valence-corrected chi connectivity index (χ0v) is 11.1. The van der Waals surface area contributed by atoms with Crippen LogP contribution in [0.2, 0.25) is 0 Å². The molecule has 0 unspecified atom stereocenters. The smallest absolute Gasteiger partial charge is 0.0450 e. The predicted molar refractivity (Wildman–Crippen MR) is 72.6 cm³/mol. The van der Waals surface area contributed by atoms with Gasteiger partial charge in [0, 0.05) is 31.9 Å². The molecule has 0 aromatic heterocycles. The van der Waals surface area contributed by atoms with E-state index in [4.69, 9.17) is 0 Å². The minimum atomic E-state index is 0.298. The van der Waals surface area contributed by atoms with Gasteiger partial charge in [-0.25, -0.2) is 0 Å². The van der Waals surface area contributed by atoms with E-state index in [2.05, 4.69) is 49.2 Å². The van der Waals surface area contributed by atoms with Crippen molar-refractivity contribution in [3.63, 3.8) is 0 Å². The van der Waals surface area contributed by atoms with Crippen molar-refractivity contribution in [3.05, 3.63) is 29.3 Å². The molecule has 2 aliphatic rings. The maximum Gasteiger partial charge on any atom is 0.0450 e. The molecule has 0 saturated carbocycles. The molecule has 0 saturated heterocycles. The summed E-state index contributed by atoms with van der Waals surface area (Å²) in [5.41, 5.74) is 4.82. The number of nitrogens with zero attached hydrogens (tertiary/aromatic N) is 1. The average molecular weight is 230 g/mol. The van der Waals surface area contributed by atoms with Crippen molar-refractivity contribution in [2.24, 2.45) is 5.92 Å². The molecule has 1 aromatic rings. The molecule has 1 aromatic carbocycles. The Labute approximate surface area is 104 Å². The minimum Gasteiger partial charge on any atom is -0.369 e. The van der Waals surface area contributed by atoms with Gasteiger partial charge in [0.25, 0.3) is 0 Å². The Morgan fingerprint density at radius 3 is 3.00 bits per heavy atom. The Bertz CT molecular complexity index is 437. The molecule has 0 aliphatic carbocycles. The van der Waals surface area contributed by atoms with E-state index in [9.17, 15) is 0 Å². The Morgan fingerprint density at radius 1 is 1.35 bits per heavy atom. The summed E-state index contributed by atoms with van der Waals surface area (Å²) in [7, 11) is 0. The predicted octanol–water partition coefficient (Wildman–Crippen LogP) is 2.52. The van der Waals surface area contributed by atoms with Crippen LogP contribution >= 0.6 is 0 Å². The Kier molecular flexibility index (Phi) is 2.44. The molecule has 3 rings (SSSR count). The van der Waals surface area contributed by atoms with Crippen molar-refractivity contribution in [2.45, 2.75) is 32.7 Å². The molecular weight excluding hydrogens is 208 g/mol. The third-order valence-electron chi connectivity index (χ3n) is 4.73. The van der Waals surface area contributed by atoms with Crippen LogP contribution < -0.4 is 10.2 Å². The Morgan fingerprint density at radius 2 is 2.18 bits per heavy atom. The van der Waals surface area contributed by atoms with Gasteiger partial charge in [-0.15, -0.1) is 0 Å². The van der Waals surface area contributed by atoms with Crippen LogP contribution in [0.25, 0.3) is 0 Å². The van der Waals surface area contributed by atoms with E-state index in [0.717, 1.165) is 19.6 Å². The summed E-state index contributed by atoms with van der Waals surface area (Å²) in [6.07, 6.45) is 0. The fourth-order valence-electron chi connectivity index (χ4n) is 3.18. The van der Waals surface area contributed by atoms with Gasteiger partial charge >= 0.3 is 0 Å². The monoisotopic (exact) mass is 230 g/mol. The maximum atomic E-state index is 3.52. The van der Waals surface area contributed by atoms with E-state index in [1.54, 1.807) is 0 Å². The first-order chi connectivity index (χ1) is 8.10. The van der Waals surface area contributed by atoms with Gasteiger partial charge in [0.05, 0.1) is 0 Å². The van der Waals surface area contributed by atoms with Crippen molar-refractivity contribution < 1.29 is 0 Å². The first-order valence-electron chi connectivity index (χ1n) is 6.69. The number of nitrogens with one attached hydrogen (secondary N) is 1. The Hall–Kier alpha value is -1.02. The van der Waals surface area contributed by atoms with Gasteiger partial charge in [-0.1, -0.05) is 39.0 Å². The quantitative estimate of drug-likeness (QED) is 0.737. The lowest BCUT2D eigenvalue weighted by atomic mass is 9.70. The van der Waals surface area contributed by atoms with Crippen molar-refractivity contribution in [2.75, 3.05) is 24.5 Å². The van der Waals surface area contributed by atoms with Crippen molar-refractivity contribution in [1.82, 2.24) is 5.32 Å². The van der Waals surface area contributed by atoms with E-state index in [1.807, 2.05) is 0 Å². The summed E-state index contributed by atoms with van der Waals surface area (Å²) in [5.74, 6) is 0.711. The van der Waals surface area contributed by atoms with Crippen LogP contribution in [0, 0.1) is 5.92 Å². The Balaban J connectivity index is 2.20. The van der Waals surface area contributed by atoms with Crippen molar-refractivity contribution in [3.8, 4) is 0 Å². The molecule has 17 heavy (non-hydrogen) atoms. The highest BCUT2D eigenvalue weighted by Gasteiger charge is 2.38. The van der Waals surface area contributed by atoms with Crippen LogP contribution in [0.5, 0.6) is 0 Å². The number of benzene rings is 1. The van der Waals surface area contributed by atoms with Crippen LogP contribution in [0.3, 0.4) is 0 Å². The van der Waals surface area contributed by atoms with Crippen molar-refractivity contribution in [1.29, 1.82) is 0 Å². The van der Waals surface area contributed by atoms with Crippen LogP contribution in [0.15, 0.2) is 18.2 Å². The van der Waals surface area contributed by atoms with E-state index < -0.39 is 0 Å². The van der Waals surface area contributed by atoms with Crippen LogP contribution in [0.4, 0.5) is 5.69 Å². The van der Waals surface area contributed by atoms with Crippen molar-refractivity contribution >= 4 is 5.69 Å². The zero-order valence-electron chi connectivity index (χ0n) is 11.1. The number of anilines is 1. The molecule has 2 heteroatoms. The second-order valence-electron chi connectivity index (χ2n) is 6.06. The molecular formula is C15H22N2. The highest BCUT2D eigenvalue weighted by Crippen LogP contribution is 2.44. The lowest BCUT2D eigenvalue weighted by Gasteiger charge is -2.45. The number of hydrogen-bond acceptors (Lipinski definition) is 2. The molecule has 2 nitrogen and oxygen atoms in total. The molecule has 92 valence electrons. The highest BCUT2D eigenvalue weighted by atomic mass is 15.2. The van der Waals surface area contributed by atoms with Gasteiger partial charge in [0.1, 0.15) is 0 Å². The highest BCUT2D eigenvalue weighted by molar-refractivity contribution is 5.64. The van der Waals surface area contributed by atoms with E-state index >= 15 is 0 Å². The summed E-state index contributed by atoms with van der Waals surface area (Å²) >= 11 is 0. The molecule has 0 amide bonds. The number of rotatable bonds is 0. The first-order valence-corrected chi connectivity index (χ1v) is 6.69. The molecule has 2 heterocycles. The van der Waals surface area contributed by atoms with Crippen LogP contribution in [0.1, 0.15) is 31.9 Å². The maximum absolute atomic E-state index is 3.52. The summed E-state index contributed by atoms with van der Waals surface area (Å²) in [5, 5.41) is 3.52. The molecule has 1 N–H and O–H groups in total. The number of hydrogen-bond donors (Lipinski definition) is 1. The van der Waals surface area contributed by atoms with Gasteiger partial charge in [0.15, 0.2) is 0 Å². The largest absolute Gasteiger partial charge is 0.369 e. The molecule has 0 fully saturated rings. The molecule has 1 atom stereocenters. The lowest BCUT2D eigenvalue weighted by Crippen LogP contribution is -2.45. The SMILES string of the molecule is C[C@H]1CN2CCNCc3cccc(c32)C1(C)C. The fraction of sp³-hybridized carbons (Fsp3) is 0.600. The summed E-state index contributed by atoms with van der Waals surface area (Å²) in [4.78, 5) is 2.58. The molecule has 0 radical (unpaired) electrons. The molecule has 0 bridgehead atoms. The summed E-state index contributed by atoms with van der Waals surface area (Å²) in [6, 6.07) is 6.82. The average Bonchev–Trinajstić information content (AvgIpc) is 2.50. The van der Waals surface area contributed by atoms with Crippen LogP contribution in [-0.2, 0) is 12.0 Å². The summed E-state index contributed by atoms with van der Waals surface area (Å²) < 4.78 is 0. The van der Waals surface area contributed by atoms with Gasteiger partial charge in [-0.3, -0.25) is 0 Å². The minimum absolute atomic E-state index is 0.298. The van der Waals surface area contributed by atoms with Gasteiger partial charge < -0.3 is 10.2 Å². The van der Waals surface area contributed by atoms with Gasteiger partial charge in [-0.2, -0.15) is 0 Å². The van der Waals surface area contributed by atoms with E-state index in [1.165, 1.54) is 23.4 Å². The normalized spacial score (nSPS) is 26.3.